The molecular formula is C17H9Cl2FN2O2. The van der Waals surface area contributed by atoms with Crippen molar-refractivity contribution in [1.82, 2.24) is 10.2 Å². The van der Waals surface area contributed by atoms with E-state index in [1.165, 1.54) is 36.4 Å². The fourth-order valence-electron chi connectivity index (χ4n) is 1.95. The molecule has 120 valence electrons. The van der Waals surface area contributed by atoms with Gasteiger partial charge in [-0.25, -0.2) is 9.18 Å². The van der Waals surface area contributed by atoms with Gasteiger partial charge in [0.2, 0.25) is 5.88 Å². The van der Waals surface area contributed by atoms with Gasteiger partial charge in [0.1, 0.15) is 5.82 Å². The second-order valence-corrected chi connectivity index (χ2v) is 5.62. The normalized spacial score (nSPS) is 10.5. The zero-order chi connectivity index (χ0) is 17.1. The summed E-state index contributed by atoms with van der Waals surface area (Å²) in [5, 5.41) is 8.39. The maximum absolute atomic E-state index is 12.9. The maximum Gasteiger partial charge on any atom is 0.346 e. The Morgan fingerprint density at radius 2 is 1.71 bits per heavy atom. The fraction of sp³-hybridized carbons (Fsp3) is 0. The van der Waals surface area contributed by atoms with E-state index in [4.69, 9.17) is 27.9 Å². The van der Waals surface area contributed by atoms with E-state index in [-0.39, 0.29) is 22.3 Å². The van der Waals surface area contributed by atoms with Gasteiger partial charge in [-0.2, -0.15) is 0 Å². The summed E-state index contributed by atoms with van der Waals surface area (Å²) in [6, 6.07) is 13.4. The highest BCUT2D eigenvalue weighted by atomic mass is 35.5. The molecule has 3 aromatic rings. The Labute approximate surface area is 146 Å². The van der Waals surface area contributed by atoms with E-state index in [0.29, 0.717) is 16.3 Å². The van der Waals surface area contributed by atoms with E-state index < -0.39 is 5.97 Å². The monoisotopic (exact) mass is 362 g/mol. The number of carbonyl (C=O) groups is 1. The second-order valence-electron chi connectivity index (χ2n) is 4.78. The van der Waals surface area contributed by atoms with E-state index in [1.807, 2.05) is 0 Å². The summed E-state index contributed by atoms with van der Waals surface area (Å²) in [4.78, 5) is 12.1. The first-order chi connectivity index (χ1) is 11.5. The van der Waals surface area contributed by atoms with E-state index in [2.05, 4.69) is 10.2 Å². The summed E-state index contributed by atoms with van der Waals surface area (Å²) >= 11 is 11.7. The van der Waals surface area contributed by atoms with Gasteiger partial charge in [0.15, 0.2) is 0 Å². The lowest BCUT2D eigenvalue weighted by molar-refractivity contribution is 0.0726. The second kappa shape index (κ2) is 6.95. The van der Waals surface area contributed by atoms with Crippen LogP contribution in [0.2, 0.25) is 10.0 Å². The Bertz CT molecular complexity index is 884. The van der Waals surface area contributed by atoms with Gasteiger partial charge in [-0.05, 0) is 48.5 Å². The molecule has 0 amide bonds. The summed E-state index contributed by atoms with van der Waals surface area (Å²) in [6.07, 6.45) is 0. The van der Waals surface area contributed by atoms with Crippen LogP contribution < -0.4 is 4.74 Å². The van der Waals surface area contributed by atoms with Crippen LogP contribution in [-0.2, 0) is 0 Å². The number of nitrogens with zero attached hydrogens (tertiary/aromatic N) is 2. The Kier molecular flexibility index (Phi) is 4.74. The van der Waals surface area contributed by atoms with E-state index in [0.717, 1.165) is 0 Å². The van der Waals surface area contributed by atoms with E-state index in [1.54, 1.807) is 18.2 Å². The van der Waals surface area contributed by atoms with Crippen molar-refractivity contribution in [1.29, 1.82) is 0 Å². The van der Waals surface area contributed by atoms with E-state index >= 15 is 0 Å². The van der Waals surface area contributed by atoms with Crippen LogP contribution in [0.15, 0.2) is 54.6 Å². The van der Waals surface area contributed by atoms with Gasteiger partial charge in [-0.15, -0.1) is 10.2 Å². The topological polar surface area (TPSA) is 52.1 Å². The van der Waals surface area contributed by atoms with Gasteiger partial charge in [0.05, 0.1) is 16.3 Å². The molecule has 0 fully saturated rings. The molecule has 0 saturated carbocycles. The molecule has 1 aromatic heterocycles. The Hall–Kier alpha value is -2.50. The van der Waals surface area contributed by atoms with Crippen LogP contribution >= 0.6 is 23.2 Å². The van der Waals surface area contributed by atoms with Crippen molar-refractivity contribution in [2.45, 2.75) is 0 Å². The number of carbonyl (C=O) groups excluding carboxylic acids is 1. The summed E-state index contributed by atoms with van der Waals surface area (Å²) in [6.45, 7) is 0. The molecule has 0 radical (unpaired) electrons. The lowest BCUT2D eigenvalue weighted by atomic mass is 10.1. The van der Waals surface area contributed by atoms with Crippen LogP contribution in [0, 0.1) is 5.82 Å². The molecule has 7 heteroatoms. The largest absolute Gasteiger partial charge is 0.402 e. The standard InChI is InChI=1S/C17H9Cl2FN2O2/c18-11-3-6-13(14(19)9-11)17(23)24-16-8-7-15(21-22-16)10-1-4-12(20)5-2-10/h1-9H. The number of rotatable bonds is 3. The molecule has 3 rings (SSSR count). The molecule has 0 aliphatic heterocycles. The van der Waals surface area contributed by atoms with Crippen LogP contribution in [0.4, 0.5) is 4.39 Å². The van der Waals surface area contributed by atoms with Crippen LogP contribution in [0.3, 0.4) is 0 Å². The smallest absolute Gasteiger partial charge is 0.346 e. The van der Waals surface area contributed by atoms with Crippen molar-refractivity contribution in [3.8, 4) is 17.1 Å². The van der Waals surface area contributed by atoms with Crippen molar-refractivity contribution in [2.24, 2.45) is 0 Å². The van der Waals surface area contributed by atoms with Crippen LogP contribution in [-0.4, -0.2) is 16.2 Å². The molecule has 0 atom stereocenters. The van der Waals surface area contributed by atoms with Gasteiger partial charge in [-0.1, -0.05) is 23.2 Å². The molecule has 0 bridgehead atoms. The summed E-state index contributed by atoms with van der Waals surface area (Å²) in [5.41, 5.74) is 1.40. The quantitative estimate of drug-likeness (QED) is 0.627. The third-order valence-corrected chi connectivity index (χ3v) is 3.68. The minimum atomic E-state index is -0.666. The first-order valence-corrected chi connectivity index (χ1v) is 7.55. The maximum atomic E-state index is 12.9. The molecule has 0 saturated heterocycles. The molecule has 0 unspecified atom stereocenters. The zero-order valence-electron chi connectivity index (χ0n) is 12.0. The number of ether oxygens (including phenoxy) is 1. The number of hydrogen-bond acceptors (Lipinski definition) is 4. The van der Waals surface area contributed by atoms with Gasteiger partial charge < -0.3 is 4.74 Å². The van der Waals surface area contributed by atoms with Crippen molar-refractivity contribution in [2.75, 3.05) is 0 Å². The zero-order valence-corrected chi connectivity index (χ0v) is 13.6. The molecule has 1 heterocycles. The molecule has 0 aliphatic carbocycles. The van der Waals surface area contributed by atoms with E-state index in [9.17, 15) is 9.18 Å². The summed E-state index contributed by atoms with van der Waals surface area (Å²) in [7, 11) is 0. The summed E-state index contributed by atoms with van der Waals surface area (Å²) < 4.78 is 18.0. The molecule has 0 spiro atoms. The fourth-order valence-corrected chi connectivity index (χ4v) is 2.44. The van der Waals surface area contributed by atoms with Crippen LogP contribution in [0.1, 0.15) is 10.4 Å². The molecule has 2 aromatic carbocycles. The van der Waals surface area contributed by atoms with Gasteiger partial charge >= 0.3 is 5.97 Å². The highest BCUT2D eigenvalue weighted by Crippen LogP contribution is 2.23. The minimum Gasteiger partial charge on any atom is -0.402 e. The van der Waals surface area contributed by atoms with Crippen molar-refractivity contribution in [3.63, 3.8) is 0 Å². The highest BCUT2D eigenvalue weighted by Gasteiger charge is 2.14. The number of halogens is 3. The number of benzene rings is 2. The summed E-state index contributed by atoms with van der Waals surface area (Å²) in [5.74, 6) is -0.977. The van der Waals surface area contributed by atoms with Crippen molar-refractivity contribution >= 4 is 29.2 Å². The first-order valence-electron chi connectivity index (χ1n) is 6.80. The lowest BCUT2D eigenvalue weighted by Crippen LogP contribution is -2.10. The number of esters is 1. The third-order valence-electron chi connectivity index (χ3n) is 3.13. The molecule has 0 N–H and O–H groups in total. The third kappa shape index (κ3) is 3.69. The van der Waals surface area contributed by atoms with Gasteiger partial charge in [0.25, 0.3) is 0 Å². The SMILES string of the molecule is O=C(Oc1ccc(-c2ccc(F)cc2)nn1)c1ccc(Cl)cc1Cl. The van der Waals surface area contributed by atoms with Crippen LogP contribution in [0.25, 0.3) is 11.3 Å². The predicted molar refractivity (Wildman–Crippen MR) is 88.8 cm³/mol. The Balaban J connectivity index is 1.76. The van der Waals surface area contributed by atoms with Crippen molar-refractivity contribution in [3.05, 3.63) is 76.0 Å². The lowest BCUT2D eigenvalue weighted by Gasteiger charge is -2.06. The molecule has 24 heavy (non-hydrogen) atoms. The molecular weight excluding hydrogens is 354 g/mol. The first kappa shape index (κ1) is 16.4. The predicted octanol–water partition coefficient (Wildman–Crippen LogP) is 4.81. The van der Waals surface area contributed by atoms with Crippen LogP contribution in [0.5, 0.6) is 5.88 Å². The average molecular weight is 363 g/mol. The number of aromatic nitrogens is 2. The van der Waals surface area contributed by atoms with Gasteiger partial charge in [-0.3, -0.25) is 0 Å². The Morgan fingerprint density at radius 1 is 0.958 bits per heavy atom. The van der Waals surface area contributed by atoms with Crippen molar-refractivity contribution < 1.29 is 13.9 Å². The molecule has 4 nitrogen and oxygen atoms in total. The Morgan fingerprint density at radius 3 is 2.33 bits per heavy atom. The highest BCUT2D eigenvalue weighted by molar-refractivity contribution is 6.36. The minimum absolute atomic E-state index is 0.0249. The van der Waals surface area contributed by atoms with Gasteiger partial charge in [0, 0.05) is 16.7 Å². The number of hydrogen-bond donors (Lipinski definition) is 0. The average Bonchev–Trinajstić information content (AvgIpc) is 2.56. The molecule has 0 aliphatic rings.